The molecule has 0 saturated carbocycles. The highest BCUT2D eigenvalue weighted by Gasteiger charge is 2.29. The predicted molar refractivity (Wildman–Crippen MR) is 122 cm³/mol. The Morgan fingerprint density at radius 3 is 2.10 bits per heavy atom. The molecule has 1 atom stereocenters. The first-order valence-electron chi connectivity index (χ1n) is 9.62. The van der Waals surface area contributed by atoms with Crippen molar-refractivity contribution in [2.24, 2.45) is 0 Å². The lowest BCUT2D eigenvalue weighted by molar-refractivity contribution is -0.139. The van der Waals surface area contributed by atoms with Crippen LogP contribution >= 0.6 is 22.6 Å². The average Bonchev–Trinajstić information content (AvgIpc) is 3.07. The van der Waals surface area contributed by atoms with E-state index in [1.165, 1.54) is 0 Å². The van der Waals surface area contributed by atoms with Crippen LogP contribution in [0.15, 0.2) is 72.8 Å². The fraction of sp³-hybridized carbons (Fsp3) is 0.167. The molecule has 0 heterocycles. The summed E-state index contributed by atoms with van der Waals surface area (Å²) in [7, 11) is 0. The quantitative estimate of drug-likeness (QED) is 0.464. The van der Waals surface area contributed by atoms with Crippen LogP contribution in [0, 0.1) is 3.57 Å². The number of hydrogen-bond acceptors (Lipinski definition) is 3. The first-order chi connectivity index (χ1) is 14.5. The summed E-state index contributed by atoms with van der Waals surface area (Å²) < 4.78 is 6.43. The van der Waals surface area contributed by atoms with Gasteiger partial charge in [0.15, 0.2) is 0 Å². The fourth-order valence-electron chi connectivity index (χ4n) is 3.87. The van der Waals surface area contributed by atoms with Crippen molar-refractivity contribution in [3.8, 4) is 11.1 Å². The number of carboxylic acid groups (broad SMARTS) is 1. The molecule has 0 aliphatic heterocycles. The van der Waals surface area contributed by atoms with E-state index in [1.54, 1.807) is 0 Å². The number of halogens is 1. The van der Waals surface area contributed by atoms with E-state index >= 15 is 0 Å². The zero-order chi connectivity index (χ0) is 21.1. The van der Waals surface area contributed by atoms with Gasteiger partial charge in [0.25, 0.3) is 0 Å². The standard InChI is InChI=1S/C24H20INO4/c25-21-12-6-1-7-15(21)13-22(23(27)28)26-24(29)30-14-20-18-10-4-2-8-16(18)17-9-3-5-11-19(17)20/h1-12,20,22H,13-14H2,(H,26,29)(H,27,28)/t22-/m1/s1. The Bertz CT molecular complexity index is 1050. The molecule has 152 valence electrons. The summed E-state index contributed by atoms with van der Waals surface area (Å²) in [6.45, 7) is 0.148. The first kappa shape index (κ1) is 20.4. The number of benzene rings is 3. The highest BCUT2D eigenvalue weighted by Crippen LogP contribution is 2.44. The Labute approximate surface area is 188 Å². The Kier molecular flexibility index (Phi) is 6.03. The Hall–Kier alpha value is -2.87. The minimum atomic E-state index is -1.09. The molecule has 0 fully saturated rings. The molecule has 2 N–H and O–H groups in total. The molecule has 3 aromatic rings. The van der Waals surface area contributed by atoms with Crippen LogP contribution in [0.3, 0.4) is 0 Å². The van der Waals surface area contributed by atoms with Crippen molar-refractivity contribution in [3.05, 3.63) is 93.1 Å². The van der Waals surface area contributed by atoms with Crippen molar-refractivity contribution in [3.63, 3.8) is 0 Å². The van der Waals surface area contributed by atoms with Crippen LogP contribution in [0.2, 0.25) is 0 Å². The Balaban J connectivity index is 1.44. The Morgan fingerprint density at radius 2 is 1.50 bits per heavy atom. The summed E-state index contributed by atoms with van der Waals surface area (Å²) in [5.41, 5.74) is 5.37. The highest BCUT2D eigenvalue weighted by molar-refractivity contribution is 14.1. The van der Waals surface area contributed by atoms with Gasteiger partial charge in [-0.15, -0.1) is 0 Å². The van der Waals surface area contributed by atoms with Gasteiger partial charge in [0.05, 0.1) is 0 Å². The van der Waals surface area contributed by atoms with Gasteiger partial charge in [-0.05, 0) is 56.5 Å². The molecule has 3 aromatic carbocycles. The number of carbonyl (C=O) groups excluding carboxylic acids is 1. The fourth-order valence-corrected chi connectivity index (χ4v) is 4.47. The second kappa shape index (κ2) is 8.87. The van der Waals surface area contributed by atoms with E-state index < -0.39 is 18.1 Å². The summed E-state index contributed by atoms with van der Waals surface area (Å²) >= 11 is 2.16. The SMILES string of the molecule is O=C(N[C@H](Cc1ccccc1I)C(=O)O)OCC1c2ccccc2-c2ccccc21. The molecule has 1 aliphatic carbocycles. The number of ether oxygens (including phenoxy) is 1. The van der Waals surface area contributed by atoms with Crippen LogP contribution in [-0.4, -0.2) is 29.8 Å². The van der Waals surface area contributed by atoms with E-state index in [1.807, 2.05) is 60.7 Å². The number of amides is 1. The molecule has 0 radical (unpaired) electrons. The summed E-state index contributed by atoms with van der Waals surface area (Å²) in [4.78, 5) is 24.1. The number of carboxylic acids is 1. The smallest absolute Gasteiger partial charge is 0.407 e. The second-order valence-corrected chi connectivity index (χ2v) is 8.32. The van der Waals surface area contributed by atoms with Gasteiger partial charge in [-0.2, -0.15) is 0 Å². The lowest BCUT2D eigenvalue weighted by Gasteiger charge is -2.18. The maximum absolute atomic E-state index is 12.4. The molecular formula is C24H20INO4. The Morgan fingerprint density at radius 1 is 0.933 bits per heavy atom. The van der Waals surface area contributed by atoms with Gasteiger partial charge in [-0.3, -0.25) is 0 Å². The van der Waals surface area contributed by atoms with E-state index in [9.17, 15) is 14.7 Å². The van der Waals surface area contributed by atoms with Crippen LogP contribution in [0.4, 0.5) is 4.79 Å². The van der Waals surface area contributed by atoms with Gasteiger partial charge in [-0.1, -0.05) is 66.7 Å². The van der Waals surface area contributed by atoms with E-state index in [0.717, 1.165) is 31.4 Å². The van der Waals surface area contributed by atoms with Crippen LogP contribution in [0.1, 0.15) is 22.6 Å². The number of hydrogen-bond donors (Lipinski definition) is 2. The molecule has 1 aliphatic rings. The third kappa shape index (κ3) is 4.18. The molecule has 1 amide bonds. The number of nitrogens with one attached hydrogen (secondary N) is 1. The average molecular weight is 513 g/mol. The lowest BCUT2D eigenvalue weighted by Crippen LogP contribution is -2.43. The van der Waals surface area contributed by atoms with Crippen LogP contribution in [0.5, 0.6) is 0 Å². The molecule has 0 unspecified atom stereocenters. The largest absolute Gasteiger partial charge is 0.480 e. The predicted octanol–water partition coefficient (Wildman–Crippen LogP) is 4.83. The number of aliphatic carboxylic acids is 1. The van der Waals surface area contributed by atoms with Crippen LogP contribution in [-0.2, 0) is 16.0 Å². The molecule has 0 aromatic heterocycles. The first-order valence-corrected chi connectivity index (χ1v) is 10.7. The van der Waals surface area contributed by atoms with E-state index in [-0.39, 0.29) is 18.9 Å². The van der Waals surface area contributed by atoms with E-state index in [0.29, 0.717) is 0 Å². The van der Waals surface area contributed by atoms with Crippen LogP contribution in [0.25, 0.3) is 11.1 Å². The maximum atomic E-state index is 12.4. The molecule has 0 saturated heterocycles. The van der Waals surface area contributed by atoms with Gasteiger partial charge in [0.1, 0.15) is 12.6 Å². The van der Waals surface area contributed by atoms with Crippen molar-refractivity contribution in [2.45, 2.75) is 18.4 Å². The van der Waals surface area contributed by atoms with Crippen molar-refractivity contribution < 1.29 is 19.4 Å². The van der Waals surface area contributed by atoms with Gasteiger partial charge in [0.2, 0.25) is 0 Å². The zero-order valence-electron chi connectivity index (χ0n) is 16.0. The molecule has 4 rings (SSSR count). The van der Waals surface area contributed by atoms with Crippen molar-refractivity contribution >= 4 is 34.7 Å². The third-order valence-electron chi connectivity index (χ3n) is 5.32. The van der Waals surface area contributed by atoms with E-state index in [2.05, 4.69) is 40.0 Å². The van der Waals surface area contributed by atoms with Gasteiger partial charge in [-0.25, -0.2) is 9.59 Å². The van der Waals surface area contributed by atoms with Gasteiger partial charge < -0.3 is 15.2 Å². The number of fused-ring (bicyclic) bond motifs is 3. The third-order valence-corrected chi connectivity index (χ3v) is 6.37. The maximum Gasteiger partial charge on any atom is 0.407 e. The minimum Gasteiger partial charge on any atom is -0.480 e. The van der Waals surface area contributed by atoms with E-state index in [4.69, 9.17) is 4.74 Å². The summed E-state index contributed by atoms with van der Waals surface area (Å²) in [6.07, 6.45) is -0.534. The van der Waals surface area contributed by atoms with Gasteiger partial charge >= 0.3 is 12.1 Å². The van der Waals surface area contributed by atoms with Crippen LogP contribution < -0.4 is 5.32 Å². The zero-order valence-corrected chi connectivity index (χ0v) is 18.2. The minimum absolute atomic E-state index is 0.0681. The van der Waals surface area contributed by atoms with Crippen molar-refractivity contribution in [1.82, 2.24) is 5.32 Å². The topological polar surface area (TPSA) is 75.6 Å². The van der Waals surface area contributed by atoms with Gasteiger partial charge in [0, 0.05) is 15.9 Å². The van der Waals surface area contributed by atoms with Crippen molar-refractivity contribution in [1.29, 1.82) is 0 Å². The normalized spacial score (nSPS) is 13.2. The number of alkyl carbamates (subject to hydrolysis) is 1. The highest BCUT2D eigenvalue weighted by atomic mass is 127. The molecule has 0 spiro atoms. The summed E-state index contributed by atoms with van der Waals surface area (Å²) in [5, 5.41) is 12.0. The van der Waals surface area contributed by atoms with Crippen molar-refractivity contribution in [2.75, 3.05) is 6.61 Å². The monoisotopic (exact) mass is 513 g/mol. The molecular weight excluding hydrogens is 493 g/mol. The summed E-state index contributed by atoms with van der Waals surface area (Å²) in [5.74, 6) is -1.16. The number of carbonyl (C=O) groups is 2. The molecule has 5 nitrogen and oxygen atoms in total. The second-order valence-electron chi connectivity index (χ2n) is 7.16. The molecule has 0 bridgehead atoms. The lowest BCUT2D eigenvalue weighted by atomic mass is 9.98. The molecule has 6 heteroatoms. The summed E-state index contributed by atoms with van der Waals surface area (Å²) in [6, 6.07) is 22.6. The molecule has 30 heavy (non-hydrogen) atoms. The number of rotatable bonds is 6.